The molecule has 1 aromatic heterocycles. The topological polar surface area (TPSA) is 64.4 Å². The van der Waals surface area contributed by atoms with E-state index in [0.29, 0.717) is 13.1 Å². The second-order valence-electron chi connectivity index (χ2n) is 7.73. The number of aromatic nitrogens is 2. The molecule has 154 valence electrons. The van der Waals surface area contributed by atoms with Crippen molar-refractivity contribution >= 4 is 9.84 Å². The summed E-state index contributed by atoms with van der Waals surface area (Å²) in [5.41, 5.74) is 2.20. The number of sulfone groups is 1. The third kappa shape index (κ3) is 5.90. The minimum absolute atomic E-state index is 0.165. The lowest BCUT2D eigenvalue weighted by Crippen LogP contribution is -2.33. The van der Waals surface area contributed by atoms with Gasteiger partial charge < -0.3 is 9.30 Å². The molecule has 0 amide bonds. The summed E-state index contributed by atoms with van der Waals surface area (Å²) in [5, 5.41) is 0.165. The molecule has 0 bridgehead atoms. The zero-order valence-electron chi connectivity index (χ0n) is 16.9. The van der Waals surface area contributed by atoms with Gasteiger partial charge in [0.1, 0.15) is 0 Å². The number of likely N-dealkylation sites (N-methyl/N-ethyl adjacent to an activating group) is 1. The lowest BCUT2D eigenvalue weighted by molar-refractivity contribution is -0.00291. The number of hydrogen-bond donors (Lipinski definition) is 0. The van der Waals surface area contributed by atoms with Gasteiger partial charge in [0.2, 0.25) is 15.0 Å². The molecule has 1 fully saturated rings. The average molecular weight is 406 g/mol. The zero-order valence-corrected chi connectivity index (χ0v) is 17.7. The number of hydrogen-bond acceptors (Lipinski definition) is 5. The molecular weight excluding hydrogens is 374 g/mol. The predicted octanol–water partition coefficient (Wildman–Crippen LogP) is 2.92. The van der Waals surface area contributed by atoms with Gasteiger partial charge >= 0.3 is 0 Å². The summed E-state index contributed by atoms with van der Waals surface area (Å²) in [6.07, 6.45) is 8.43. The number of nitrogens with zero attached hydrogens (tertiary/aromatic N) is 3. The smallest absolute Gasteiger partial charge is 0.227 e. The van der Waals surface area contributed by atoms with Gasteiger partial charge in [-0.05, 0) is 44.7 Å². The third-order valence-electron chi connectivity index (χ3n) is 5.14. The quantitative estimate of drug-likeness (QED) is 0.642. The van der Waals surface area contributed by atoms with E-state index in [0.717, 1.165) is 44.5 Å². The first kappa shape index (κ1) is 21.0. The highest BCUT2D eigenvalue weighted by Crippen LogP contribution is 2.17. The molecule has 1 aromatic carbocycles. The number of rotatable bonds is 9. The molecule has 0 spiro atoms. The van der Waals surface area contributed by atoms with E-state index in [2.05, 4.69) is 29.1 Å². The van der Waals surface area contributed by atoms with Crippen LogP contribution in [0.2, 0.25) is 0 Å². The molecule has 2 aromatic rings. The van der Waals surface area contributed by atoms with Crippen molar-refractivity contribution in [3.8, 4) is 0 Å². The molecule has 1 atom stereocenters. The maximum absolute atomic E-state index is 12.2. The summed E-state index contributed by atoms with van der Waals surface area (Å²) in [7, 11) is -1.31. The molecule has 6 nitrogen and oxygen atoms in total. The van der Waals surface area contributed by atoms with Crippen LogP contribution in [0.5, 0.6) is 0 Å². The first-order valence-corrected chi connectivity index (χ1v) is 11.9. The zero-order chi connectivity index (χ0) is 20.0. The van der Waals surface area contributed by atoms with Crippen LogP contribution in [0.4, 0.5) is 0 Å². The molecule has 0 N–H and O–H groups in total. The standard InChI is InChI=1S/C21H31N3O3S/c1-23(17-20-12-6-7-14-27-20)16-19-15-22-21(28(2,25)26)24(19)13-8-11-18-9-4-3-5-10-18/h3-5,9-10,15,20H,6-8,11-14,16-17H2,1-2H3/t20-/m1/s1. The van der Waals surface area contributed by atoms with Gasteiger partial charge in [0.05, 0.1) is 18.0 Å². The van der Waals surface area contributed by atoms with Crippen molar-refractivity contribution in [2.45, 2.75) is 56.5 Å². The highest BCUT2D eigenvalue weighted by Gasteiger charge is 2.21. The first-order chi connectivity index (χ1) is 13.4. The molecule has 0 radical (unpaired) electrons. The Hall–Kier alpha value is -1.70. The summed E-state index contributed by atoms with van der Waals surface area (Å²) in [6, 6.07) is 10.3. The van der Waals surface area contributed by atoms with Gasteiger partial charge in [-0.25, -0.2) is 13.4 Å². The van der Waals surface area contributed by atoms with Gasteiger partial charge in [0.25, 0.3) is 0 Å². The Morgan fingerprint density at radius 3 is 2.71 bits per heavy atom. The molecule has 2 heterocycles. The van der Waals surface area contributed by atoms with Crippen LogP contribution in [-0.4, -0.2) is 55.4 Å². The molecule has 1 aliphatic heterocycles. The van der Waals surface area contributed by atoms with Crippen molar-refractivity contribution in [2.75, 3.05) is 26.5 Å². The van der Waals surface area contributed by atoms with Crippen molar-refractivity contribution < 1.29 is 13.2 Å². The van der Waals surface area contributed by atoms with E-state index in [1.807, 2.05) is 22.8 Å². The summed E-state index contributed by atoms with van der Waals surface area (Å²) in [4.78, 5) is 6.43. The van der Waals surface area contributed by atoms with Crippen LogP contribution in [0.3, 0.4) is 0 Å². The largest absolute Gasteiger partial charge is 0.377 e. The molecule has 0 saturated carbocycles. The van der Waals surface area contributed by atoms with Gasteiger partial charge in [0, 0.05) is 32.5 Å². The number of ether oxygens (including phenoxy) is 1. The Balaban J connectivity index is 1.66. The Bertz CT molecular complexity index is 843. The molecule has 0 aliphatic carbocycles. The molecule has 28 heavy (non-hydrogen) atoms. The van der Waals surface area contributed by atoms with Crippen LogP contribution in [0.15, 0.2) is 41.7 Å². The van der Waals surface area contributed by atoms with Crippen molar-refractivity contribution in [1.29, 1.82) is 0 Å². The number of benzene rings is 1. The Morgan fingerprint density at radius 2 is 2.04 bits per heavy atom. The number of aryl methyl sites for hydroxylation is 1. The minimum Gasteiger partial charge on any atom is -0.377 e. The number of imidazole rings is 1. The molecular formula is C21H31N3O3S. The Morgan fingerprint density at radius 1 is 1.25 bits per heavy atom. The second kappa shape index (κ2) is 9.67. The summed E-state index contributed by atoms with van der Waals surface area (Å²) >= 11 is 0. The van der Waals surface area contributed by atoms with Crippen LogP contribution in [-0.2, 0) is 34.1 Å². The van der Waals surface area contributed by atoms with Crippen LogP contribution in [0, 0.1) is 0 Å². The Kier molecular flexibility index (Phi) is 7.26. The van der Waals surface area contributed by atoms with Gasteiger partial charge in [-0.15, -0.1) is 0 Å². The maximum atomic E-state index is 12.2. The fraction of sp³-hybridized carbons (Fsp3) is 0.571. The van der Waals surface area contributed by atoms with E-state index < -0.39 is 9.84 Å². The SMILES string of the molecule is CN(Cc1cnc(S(C)(=O)=O)n1CCCc1ccccc1)C[C@H]1CCCCO1. The summed E-state index contributed by atoms with van der Waals surface area (Å²) < 4.78 is 32.1. The van der Waals surface area contributed by atoms with E-state index in [4.69, 9.17) is 4.74 Å². The maximum Gasteiger partial charge on any atom is 0.227 e. The van der Waals surface area contributed by atoms with Crippen LogP contribution >= 0.6 is 0 Å². The van der Waals surface area contributed by atoms with Crippen molar-refractivity contribution in [1.82, 2.24) is 14.5 Å². The Labute approximate surface area is 168 Å². The lowest BCUT2D eigenvalue weighted by atomic mass is 10.1. The normalized spacial score (nSPS) is 17.9. The predicted molar refractivity (Wildman–Crippen MR) is 110 cm³/mol. The van der Waals surface area contributed by atoms with Gasteiger partial charge in [-0.2, -0.15) is 0 Å². The van der Waals surface area contributed by atoms with Crippen LogP contribution in [0.1, 0.15) is 36.9 Å². The summed E-state index contributed by atoms with van der Waals surface area (Å²) in [5.74, 6) is 0. The lowest BCUT2D eigenvalue weighted by Gasteiger charge is -2.27. The third-order valence-corrected chi connectivity index (χ3v) is 6.13. The van der Waals surface area contributed by atoms with Crippen LogP contribution in [0.25, 0.3) is 0 Å². The molecule has 3 rings (SSSR count). The molecule has 1 aliphatic rings. The van der Waals surface area contributed by atoms with E-state index >= 15 is 0 Å². The van der Waals surface area contributed by atoms with Gasteiger partial charge in [-0.3, -0.25) is 4.90 Å². The molecule has 1 saturated heterocycles. The molecule has 7 heteroatoms. The fourth-order valence-electron chi connectivity index (χ4n) is 3.78. The average Bonchev–Trinajstić information content (AvgIpc) is 3.06. The fourth-order valence-corrected chi connectivity index (χ4v) is 4.63. The monoisotopic (exact) mass is 405 g/mol. The van der Waals surface area contributed by atoms with Crippen molar-refractivity contribution in [3.63, 3.8) is 0 Å². The summed E-state index contributed by atoms with van der Waals surface area (Å²) in [6.45, 7) is 2.99. The van der Waals surface area contributed by atoms with Gasteiger partial charge in [-0.1, -0.05) is 30.3 Å². The second-order valence-corrected chi connectivity index (χ2v) is 9.64. The van der Waals surface area contributed by atoms with Crippen molar-refractivity contribution in [3.05, 3.63) is 47.8 Å². The van der Waals surface area contributed by atoms with E-state index in [9.17, 15) is 8.42 Å². The van der Waals surface area contributed by atoms with Crippen LogP contribution < -0.4 is 0 Å². The van der Waals surface area contributed by atoms with Crippen molar-refractivity contribution in [2.24, 2.45) is 0 Å². The van der Waals surface area contributed by atoms with Gasteiger partial charge in [0.15, 0.2) is 0 Å². The molecule has 0 unspecified atom stereocenters. The first-order valence-electron chi connectivity index (χ1n) is 10.0. The minimum atomic E-state index is -3.36. The highest BCUT2D eigenvalue weighted by atomic mass is 32.2. The van der Waals surface area contributed by atoms with E-state index in [1.165, 1.54) is 18.2 Å². The van der Waals surface area contributed by atoms with E-state index in [-0.39, 0.29) is 11.3 Å². The van der Waals surface area contributed by atoms with E-state index in [1.54, 1.807) is 6.20 Å². The highest BCUT2D eigenvalue weighted by molar-refractivity contribution is 7.90.